The Bertz CT molecular complexity index is 454. The van der Waals surface area contributed by atoms with Crippen molar-refractivity contribution in [3.8, 4) is 0 Å². The Morgan fingerprint density at radius 2 is 2.11 bits per heavy atom. The normalized spacial score (nSPS) is 18.9. The molecule has 1 heterocycles. The Morgan fingerprint density at radius 1 is 1.44 bits per heavy atom. The van der Waals surface area contributed by atoms with Gasteiger partial charge in [-0.15, -0.1) is 0 Å². The third kappa shape index (κ3) is 2.03. The SMILES string of the molecule is CCC(=O)N1c2ccccc2C[C@H]1C(C)(C)OC. The number of para-hydroxylation sites is 1. The van der Waals surface area contributed by atoms with E-state index < -0.39 is 0 Å². The highest BCUT2D eigenvalue weighted by molar-refractivity contribution is 5.96. The number of hydrogen-bond donors (Lipinski definition) is 0. The van der Waals surface area contributed by atoms with Gasteiger partial charge >= 0.3 is 0 Å². The van der Waals surface area contributed by atoms with E-state index >= 15 is 0 Å². The molecule has 1 amide bonds. The van der Waals surface area contributed by atoms with Gasteiger partial charge in [0, 0.05) is 19.2 Å². The summed E-state index contributed by atoms with van der Waals surface area (Å²) >= 11 is 0. The van der Waals surface area contributed by atoms with Crippen LogP contribution in [0.3, 0.4) is 0 Å². The van der Waals surface area contributed by atoms with Gasteiger partial charge in [-0.1, -0.05) is 25.1 Å². The van der Waals surface area contributed by atoms with E-state index in [1.165, 1.54) is 5.56 Å². The predicted molar refractivity (Wildman–Crippen MR) is 72.8 cm³/mol. The highest BCUT2D eigenvalue weighted by Gasteiger charge is 2.42. The number of benzene rings is 1. The Kier molecular flexibility index (Phi) is 3.44. The number of amides is 1. The Morgan fingerprint density at radius 3 is 2.72 bits per heavy atom. The number of carbonyl (C=O) groups excluding carboxylic acids is 1. The molecule has 0 fully saturated rings. The van der Waals surface area contributed by atoms with Gasteiger partial charge in [0.2, 0.25) is 5.91 Å². The van der Waals surface area contributed by atoms with E-state index in [-0.39, 0.29) is 17.6 Å². The van der Waals surface area contributed by atoms with Crippen LogP contribution in [-0.2, 0) is 16.0 Å². The maximum Gasteiger partial charge on any atom is 0.227 e. The largest absolute Gasteiger partial charge is 0.377 e. The average Bonchev–Trinajstić information content (AvgIpc) is 2.78. The highest BCUT2D eigenvalue weighted by Crippen LogP contribution is 2.37. The molecule has 98 valence electrons. The van der Waals surface area contributed by atoms with Crippen molar-refractivity contribution < 1.29 is 9.53 Å². The fourth-order valence-electron chi connectivity index (χ4n) is 2.56. The summed E-state index contributed by atoms with van der Waals surface area (Å²) in [7, 11) is 1.71. The minimum absolute atomic E-state index is 0.0762. The molecule has 1 aromatic rings. The molecule has 3 nitrogen and oxygen atoms in total. The van der Waals surface area contributed by atoms with Crippen molar-refractivity contribution in [3.63, 3.8) is 0 Å². The van der Waals surface area contributed by atoms with Gasteiger partial charge in [0.25, 0.3) is 0 Å². The fourth-order valence-corrected chi connectivity index (χ4v) is 2.56. The molecule has 0 aromatic heterocycles. The van der Waals surface area contributed by atoms with Gasteiger partial charge in [-0.05, 0) is 31.9 Å². The van der Waals surface area contributed by atoms with Crippen LogP contribution < -0.4 is 4.90 Å². The van der Waals surface area contributed by atoms with E-state index in [4.69, 9.17) is 4.74 Å². The molecule has 1 aromatic carbocycles. The summed E-state index contributed by atoms with van der Waals surface area (Å²) in [5.41, 5.74) is 1.93. The van der Waals surface area contributed by atoms with Crippen LogP contribution in [0.25, 0.3) is 0 Å². The second kappa shape index (κ2) is 4.73. The number of rotatable bonds is 3. The molecule has 2 rings (SSSR count). The quantitative estimate of drug-likeness (QED) is 0.822. The van der Waals surface area contributed by atoms with Crippen LogP contribution in [-0.4, -0.2) is 24.7 Å². The summed E-state index contributed by atoms with van der Waals surface area (Å²) in [6.07, 6.45) is 1.38. The summed E-state index contributed by atoms with van der Waals surface area (Å²) in [6, 6.07) is 8.20. The summed E-state index contributed by atoms with van der Waals surface area (Å²) in [5, 5.41) is 0. The molecule has 0 aliphatic carbocycles. The van der Waals surface area contributed by atoms with Crippen molar-refractivity contribution in [3.05, 3.63) is 29.8 Å². The van der Waals surface area contributed by atoms with E-state index in [9.17, 15) is 4.79 Å². The van der Waals surface area contributed by atoms with Gasteiger partial charge in [0.1, 0.15) is 0 Å². The van der Waals surface area contributed by atoms with Crippen LogP contribution in [0.4, 0.5) is 5.69 Å². The molecule has 1 aliphatic heterocycles. The molecule has 0 saturated heterocycles. The number of methoxy groups -OCH3 is 1. The highest BCUT2D eigenvalue weighted by atomic mass is 16.5. The summed E-state index contributed by atoms with van der Waals surface area (Å²) in [5.74, 6) is 0.162. The molecule has 3 heteroatoms. The Labute approximate surface area is 109 Å². The third-order valence-electron chi connectivity index (χ3n) is 3.88. The molecule has 0 saturated carbocycles. The first-order chi connectivity index (χ1) is 8.51. The fraction of sp³-hybridized carbons (Fsp3) is 0.533. The van der Waals surface area contributed by atoms with Crippen LogP contribution in [0.15, 0.2) is 24.3 Å². The molecular formula is C15H21NO2. The van der Waals surface area contributed by atoms with Gasteiger partial charge in [0.05, 0.1) is 11.6 Å². The summed E-state index contributed by atoms with van der Waals surface area (Å²) in [6.45, 7) is 5.99. The number of carbonyl (C=O) groups is 1. The van der Waals surface area contributed by atoms with Crippen molar-refractivity contribution in [2.24, 2.45) is 0 Å². The lowest BCUT2D eigenvalue weighted by Gasteiger charge is -2.36. The first-order valence-corrected chi connectivity index (χ1v) is 6.46. The van der Waals surface area contributed by atoms with Gasteiger partial charge < -0.3 is 9.64 Å². The van der Waals surface area contributed by atoms with Crippen molar-refractivity contribution in [1.29, 1.82) is 0 Å². The molecule has 0 unspecified atom stereocenters. The second-order valence-electron chi connectivity index (χ2n) is 5.27. The first-order valence-electron chi connectivity index (χ1n) is 6.46. The minimum atomic E-state index is -0.343. The molecular weight excluding hydrogens is 226 g/mol. The van der Waals surface area contributed by atoms with Crippen LogP contribution in [0.5, 0.6) is 0 Å². The molecule has 18 heavy (non-hydrogen) atoms. The number of hydrogen-bond acceptors (Lipinski definition) is 2. The van der Waals surface area contributed by atoms with Crippen molar-refractivity contribution in [2.45, 2.75) is 45.3 Å². The maximum atomic E-state index is 12.2. The molecule has 0 N–H and O–H groups in total. The van der Waals surface area contributed by atoms with Crippen LogP contribution in [0, 0.1) is 0 Å². The maximum absolute atomic E-state index is 12.2. The molecule has 0 bridgehead atoms. The van der Waals surface area contributed by atoms with Crippen molar-refractivity contribution in [1.82, 2.24) is 0 Å². The van der Waals surface area contributed by atoms with Gasteiger partial charge in [0.15, 0.2) is 0 Å². The lowest BCUT2D eigenvalue weighted by atomic mass is 9.94. The van der Waals surface area contributed by atoms with E-state index in [1.54, 1.807) is 7.11 Å². The first kappa shape index (κ1) is 13.1. The summed E-state index contributed by atoms with van der Waals surface area (Å²) in [4.78, 5) is 14.1. The lowest BCUT2D eigenvalue weighted by Crippen LogP contribution is -2.51. The van der Waals surface area contributed by atoms with Crippen LogP contribution in [0.1, 0.15) is 32.8 Å². The summed E-state index contributed by atoms with van der Waals surface area (Å²) < 4.78 is 5.58. The zero-order valence-electron chi connectivity index (χ0n) is 11.6. The van der Waals surface area contributed by atoms with Crippen molar-refractivity contribution in [2.75, 3.05) is 12.0 Å². The zero-order chi connectivity index (χ0) is 13.3. The van der Waals surface area contributed by atoms with E-state index in [1.807, 2.05) is 43.9 Å². The van der Waals surface area contributed by atoms with Crippen LogP contribution >= 0.6 is 0 Å². The van der Waals surface area contributed by atoms with Gasteiger partial charge in [-0.25, -0.2) is 0 Å². The lowest BCUT2D eigenvalue weighted by molar-refractivity contribution is -0.120. The third-order valence-corrected chi connectivity index (χ3v) is 3.88. The topological polar surface area (TPSA) is 29.5 Å². The molecule has 0 spiro atoms. The number of anilines is 1. The number of ether oxygens (including phenoxy) is 1. The smallest absolute Gasteiger partial charge is 0.227 e. The standard InChI is InChI=1S/C15H21NO2/c1-5-14(17)16-12-9-7-6-8-11(12)10-13(16)15(2,3)18-4/h6-9,13H,5,10H2,1-4H3/t13-/m0/s1. The van der Waals surface area contributed by atoms with Crippen LogP contribution in [0.2, 0.25) is 0 Å². The van der Waals surface area contributed by atoms with E-state index in [0.29, 0.717) is 6.42 Å². The monoisotopic (exact) mass is 247 g/mol. The Hall–Kier alpha value is -1.35. The molecule has 0 radical (unpaired) electrons. The average molecular weight is 247 g/mol. The van der Waals surface area contributed by atoms with Gasteiger partial charge in [-0.3, -0.25) is 4.79 Å². The Balaban J connectivity index is 2.43. The van der Waals surface area contributed by atoms with E-state index in [0.717, 1.165) is 12.1 Å². The number of fused-ring (bicyclic) bond motifs is 1. The van der Waals surface area contributed by atoms with Gasteiger partial charge in [-0.2, -0.15) is 0 Å². The molecule has 1 atom stereocenters. The predicted octanol–water partition coefficient (Wildman–Crippen LogP) is 2.78. The zero-order valence-corrected chi connectivity index (χ0v) is 11.6. The minimum Gasteiger partial charge on any atom is -0.377 e. The number of nitrogens with zero attached hydrogens (tertiary/aromatic N) is 1. The molecule has 1 aliphatic rings. The van der Waals surface area contributed by atoms with E-state index in [2.05, 4.69) is 6.07 Å². The second-order valence-corrected chi connectivity index (χ2v) is 5.27. The van der Waals surface area contributed by atoms with Crippen molar-refractivity contribution >= 4 is 11.6 Å².